The molecule has 0 radical (unpaired) electrons. The Morgan fingerprint density at radius 1 is 1.25 bits per heavy atom. The first-order chi connectivity index (χ1) is 9.67. The Labute approximate surface area is 124 Å². The van der Waals surface area contributed by atoms with Crippen LogP contribution in [0.3, 0.4) is 0 Å². The largest absolute Gasteiger partial charge is 0.461 e. The van der Waals surface area contributed by atoms with Crippen molar-refractivity contribution in [3.8, 4) is 6.01 Å². The van der Waals surface area contributed by atoms with Gasteiger partial charge in [0.1, 0.15) is 0 Å². The fourth-order valence-electron chi connectivity index (χ4n) is 1.92. The van der Waals surface area contributed by atoms with Crippen LogP contribution in [0.15, 0.2) is 0 Å². The minimum atomic E-state index is 0.0472. The number of hydrogen-bond donors (Lipinski definition) is 2. The molecule has 20 heavy (non-hydrogen) atoms. The summed E-state index contributed by atoms with van der Waals surface area (Å²) in [5, 5.41) is 6.41. The molecular weight excluding hydrogens is 274 g/mol. The summed E-state index contributed by atoms with van der Waals surface area (Å²) in [4.78, 5) is 12.9. The second-order valence-electron chi connectivity index (χ2n) is 5.07. The van der Waals surface area contributed by atoms with Crippen molar-refractivity contribution in [3.05, 3.63) is 0 Å². The van der Waals surface area contributed by atoms with E-state index in [-0.39, 0.29) is 6.10 Å². The lowest BCUT2D eigenvalue weighted by molar-refractivity contribution is 0.222. The van der Waals surface area contributed by atoms with Gasteiger partial charge >= 0.3 is 6.01 Å². The van der Waals surface area contributed by atoms with Gasteiger partial charge in [0.25, 0.3) is 0 Å². The van der Waals surface area contributed by atoms with Crippen LogP contribution in [0.4, 0.5) is 11.9 Å². The summed E-state index contributed by atoms with van der Waals surface area (Å²) < 4.78 is 5.57. The summed E-state index contributed by atoms with van der Waals surface area (Å²) in [6.07, 6.45) is 1.31. The highest BCUT2D eigenvalue weighted by molar-refractivity contribution is 7.99. The first kappa shape index (κ1) is 15.2. The van der Waals surface area contributed by atoms with Gasteiger partial charge in [0.15, 0.2) is 0 Å². The SMILES string of the molecule is CCNc1nc(NCC2CCSC2)nc(OC(C)C)n1. The van der Waals surface area contributed by atoms with Gasteiger partial charge in [-0.15, -0.1) is 0 Å². The van der Waals surface area contributed by atoms with Crippen LogP contribution in [-0.4, -0.2) is 45.7 Å². The highest BCUT2D eigenvalue weighted by atomic mass is 32.2. The second-order valence-corrected chi connectivity index (χ2v) is 6.22. The molecule has 1 saturated heterocycles. The predicted octanol–water partition coefficient (Wildman–Crippen LogP) is 2.26. The van der Waals surface area contributed by atoms with Crippen molar-refractivity contribution in [1.29, 1.82) is 0 Å². The number of hydrogen-bond acceptors (Lipinski definition) is 7. The molecule has 0 spiro atoms. The smallest absolute Gasteiger partial charge is 0.323 e. The number of thioether (sulfide) groups is 1. The molecule has 1 aliphatic heterocycles. The Hall–Kier alpha value is -1.24. The van der Waals surface area contributed by atoms with Gasteiger partial charge in [-0.3, -0.25) is 0 Å². The lowest BCUT2D eigenvalue weighted by atomic mass is 10.1. The molecule has 1 atom stereocenters. The van der Waals surface area contributed by atoms with Gasteiger partial charge < -0.3 is 15.4 Å². The summed E-state index contributed by atoms with van der Waals surface area (Å²) in [6.45, 7) is 7.60. The summed E-state index contributed by atoms with van der Waals surface area (Å²) >= 11 is 2.01. The molecule has 0 saturated carbocycles. The van der Waals surface area contributed by atoms with Gasteiger partial charge in [-0.25, -0.2) is 0 Å². The van der Waals surface area contributed by atoms with E-state index in [0.29, 0.717) is 23.8 Å². The third kappa shape index (κ3) is 4.70. The number of nitrogens with zero attached hydrogens (tertiary/aromatic N) is 3. The summed E-state index contributed by atoms with van der Waals surface area (Å²) in [6, 6.07) is 0.370. The van der Waals surface area contributed by atoms with E-state index in [1.165, 1.54) is 17.9 Å². The number of ether oxygens (including phenoxy) is 1. The molecule has 0 aliphatic carbocycles. The van der Waals surface area contributed by atoms with Crippen molar-refractivity contribution in [3.63, 3.8) is 0 Å². The van der Waals surface area contributed by atoms with Crippen LogP contribution < -0.4 is 15.4 Å². The van der Waals surface area contributed by atoms with Gasteiger partial charge in [-0.2, -0.15) is 26.7 Å². The molecule has 112 valence electrons. The topological polar surface area (TPSA) is 72.0 Å². The van der Waals surface area contributed by atoms with Crippen molar-refractivity contribution in [1.82, 2.24) is 15.0 Å². The molecule has 2 heterocycles. The maximum atomic E-state index is 5.57. The summed E-state index contributed by atoms with van der Waals surface area (Å²) in [5.74, 6) is 4.32. The van der Waals surface area contributed by atoms with Crippen molar-refractivity contribution in [2.45, 2.75) is 33.3 Å². The van der Waals surface area contributed by atoms with E-state index in [0.717, 1.165) is 13.1 Å². The minimum Gasteiger partial charge on any atom is -0.461 e. The Bertz CT molecular complexity index is 423. The molecule has 1 aromatic rings. The van der Waals surface area contributed by atoms with Crippen molar-refractivity contribution in [2.24, 2.45) is 5.92 Å². The Kier molecular flexibility index (Phi) is 5.70. The molecule has 2 N–H and O–H groups in total. The summed E-state index contributed by atoms with van der Waals surface area (Å²) in [7, 11) is 0. The van der Waals surface area contributed by atoms with Crippen molar-refractivity contribution in [2.75, 3.05) is 35.2 Å². The van der Waals surface area contributed by atoms with E-state index in [1.807, 2.05) is 32.5 Å². The fraction of sp³-hybridized carbons (Fsp3) is 0.769. The van der Waals surface area contributed by atoms with Crippen LogP contribution in [0.1, 0.15) is 27.2 Å². The molecule has 1 fully saturated rings. The van der Waals surface area contributed by atoms with Gasteiger partial charge in [0.05, 0.1) is 6.10 Å². The van der Waals surface area contributed by atoms with E-state index in [4.69, 9.17) is 4.74 Å². The zero-order valence-corrected chi connectivity index (χ0v) is 13.2. The first-order valence-corrected chi connectivity index (χ1v) is 8.31. The Morgan fingerprint density at radius 3 is 2.60 bits per heavy atom. The predicted molar refractivity (Wildman–Crippen MR) is 83.7 cm³/mol. The van der Waals surface area contributed by atoms with Gasteiger partial charge in [0.2, 0.25) is 11.9 Å². The molecule has 1 aromatic heterocycles. The highest BCUT2D eigenvalue weighted by Gasteiger charge is 2.16. The van der Waals surface area contributed by atoms with Crippen LogP contribution in [0.25, 0.3) is 0 Å². The van der Waals surface area contributed by atoms with Gasteiger partial charge in [-0.1, -0.05) is 0 Å². The van der Waals surface area contributed by atoms with Gasteiger partial charge in [-0.05, 0) is 44.6 Å². The average Bonchev–Trinajstić information content (AvgIpc) is 2.89. The van der Waals surface area contributed by atoms with Crippen LogP contribution >= 0.6 is 11.8 Å². The standard InChI is InChI=1S/C13H23N5OS/c1-4-14-11-16-12(15-7-10-5-6-20-8-10)18-13(17-11)19-9(2)3/h9-10H,4-8H2,1-3H3,(H2,14,15,16,17,18). The first-order valence-electron chi connectivity index (χ1n) is 7.15. The highest BCUT2D eigenvalue weighted by Crippen LogP contribution is 2.23. The maximum Gasteiger partial charge on any atom is 0.323 e. The molecule has 0 bridgehead atoms. The fourth-order valence-corrected chi connectivity index (χ4v) is 3.20. The van der Waals surface area contributed by atoms with Crippen LogP contribution in [0.5, 0.6) is 6.01 Å². The molecule has 0 amide bonds. The van der Waals surface area contributed by atoms with Crippen LogP contribution in [-0.2, 0) is 0 Å². The quantitative estimate of drug-likeness (QED) is 0.799. The maximum absolute atomic E-state index is 5.57. The molecule has 0 aromatic carbocycles. The normalized spacial score (nSPS) is 18.3. The van der Waals surface area contributed by atoms with Crippen LogP contribution in [0.2, 0.25) is 0 Å². The van der Waals surface area contributed by atoms with Crippen molar-refractivity contribution < 1.29 is 4.74 Å². The summed E-state index contributed by atoms with van der Waals surface area (Å²) in [5.41, 5.74) is 0. The minimum absolute atomic E-state index is 0.0472. The van der Waals surface area contributed by atoms with Crippen LogP contribution in [0, 0.1) is 5.92 Å². The Morgan fingerprint density at radius 2 is 2.00 bits per heavy atom. The molecule has 2 rings (SSSR count). The second kappa shape index (κ2) is 7.52. The molecular formula is C13H23N5OS. The van der Waals surface area contributed by atoms with Gasteiger partial charge in [0, 0.05) is 13.1 Å². The molecule has 6 nitrogen and oxygen atoms in total. The lowest BCUT2D eigenvalue weighted by Crippen LogP contribution is -2.17. The average molecular weight is 297 g/mol. The van der Waals surface area contributed by atoms with E-state index < -0.39 is 0 Å². The number of anilines is 2. The van der Waals surface area contributed by atoms with E-state index >= 15 is 0 Å². The molecule has 7 heteroatoms. The van der Waals surface area contributed by atoms with E-state index in [1.54, 1.807) is 0 Å². The van der Waals surface area contributed by atoms with E-state index in [9.17, 15) is 0 Å². The third-order valence-corrected chi connectivity index (χ3v) is 4.10. The molecule has 1 unspecified atom stereocenters. The van der Waals surface area contributed by atoms with E-state index in [2.05, 4.69) is 25.6 Å². The number of nitrogens with one attached hydrogen (secondary N) is 2. The monoisotopic (exact) mass is 297 g/mol. The van der Waals surface area contributed by atoms with Crippen molar-refractivity contribution >= 4 is 23.7 Å². The molecule has 1 aliphatic rings. The number of aromatic nitrogens is 3. The number of rotatable bonds is 7. The zero-order valence-electron chi connectivity index (χ0n) is 12.3. The third-order valence-electron chi connectivity index (χ3n) is 2.86. The lowest BCUT2D eigenvalue weighted by Gasteiger charge is -2.13. The Balaban J connectivity index is 2.02. The zero-order chi connectivity index (χ0) is 14.4.